The Balaban J connectivity index is 1.95. The molecule has 0 saturated carbocycles. The molecule has 0 spiro atoms. The summed E-state index contributed by atoms with van der Waals surface area (Å²) in [5.74, 6) is -0.741. The van der Waals surface area contributed by atoms with E-state index >= 15 is 0 Å². The van der Waals surface area contributed by atoms with E-state index in [2.05, 4.69) is 5.43 Å². The highest BCUT2D eigenvalue weighted by molar-refractivity contribution is 6.33. The molecule has 1 saturated heterocycles. The Morgan fingerprint density at radius 1 is 1.11 bits per heavy atom. The first-order valence-corrected chi connectivity index (χ1v) is 9.04. The second-order valence-corrected chi connectivity index (χ2v) is 6.22. The summed E-state index contributed by atoms with van der Waals surface area (Å²) < 4.78 is 24.2. The van der Waals surface area contributed by atoms with Crippen LogP contribution in [0.2, 0.25) is 5.02 Å². The van der Waals surface area contributed by atoms with Gasteiger partial charge in [0.05, 0.1) is 23.9 Å². The van der Waals surface area contributed by atoms with Crippen LogP contribution in [0.25, 0.3) is 6.08 Å². The predicted octanol–water partition coefficient (Wildman–Crippen LogP) is 3.74. The zero-order chi connectivity index (χ0) is 20.3. The number of benzene rings is 2. The van der Waals surface area contributed by atoms with Crippen LogP contribution in [0.4, 0.5) is 10.1 Å². The number of nitrogens with one attached hydrogen (secondary N) is 1. The van der Waals surface area contributed by atoms with Gasteiger partial charge in [0.1, 0.15) is 11.4 Å². The van der Waals surface area contributed by atoms with Gasteiger partial charge in [0, 0.05) is 0 Å². The van der Waals surface area contributed by atoms with Gasteiger partial charge in [0.2, 0.25) is 0 Å². The monoisotopic (exact) mass is 404 g/mol. The van der Waals surface area contributed by atoms with Crippen LogP contribution in [0.15, 0.2) is 42.0 Å². The van der Waals surface area contributed by atoms with Gasteiger partial charge in [-0.25, -0.2) is 9.40 Å². The second kappa shape index (κ2) is 8.31. The number of hydrogen-bond donors (Lipinski definition) is 1. The molecule has 3 rings (SSSR count). The maximum atomic E-state index is 13.1. The van der Waals surface area contributed by atoms with Crippen molar-refractivity contribution in [3.05, 3.63) is 58.4 Å². The molecule has 8 heteroatoms. The lowest BCUT2D eigenvalue weighted by Crippen LogP contribution is -2.35. The van der Waals surface area contributed by atoms with Gasteiger partial charge in [-0.1, -0.05) is 11.6 Å². The number of anilines is 1. The van der Waals surface area contributed by atoms with Gasteiger partial charge in [-0.15, -0.1) is 0 Å². The van der Waals surface area contributed by atoms with E-state index in [1.54, 1.807) is 12.1 Å². The molecule has 0 unspecified atom stereocenters. The van der Waals surface area contributed by atoms with E-state index in [-0.39, 0.29) is 5.57 Å². The van der Waals surface area contributed by atoms with Crippen LogP contribution in [-0.2, 0) is 9.59 Å². The highest BCUT2D eigenvalue weighted by Crippen LogP contribution is 2.37. The van der Waals surface area contributed by atoms with E-state index in [0.717, 1.165) is 5.01 Å². The number of hydrogen-bond acceptors (Lipinski definition) is 4. The molecule has 0 aliphatic carbocycles. The average Bonchev–Trinajstić information content (AvgIpc) is 2.94. The van der Waals surface area contributed by atoms with Crippen LogP contribution in [0.1, 0.15) is 19.4 Å². The smallest absolute Gasteiger partial charge is 0.282 e. The number of rotatable bonds is 6. The SMILES string of the molecule is CCOc1cc(C=C2C(=O)NN(c3ccc(F)cc3)C2=O)cc(Cl)c1OCC. The maximum Gasteiger partial charge on any atom is 0.282 e. The van der Waals surface area contributed by atoms with Crippen LogP contribution in [-0.4, -0.2) is 25.0 Å². The number of hydrazine groups is 1. The van der Waals surface area contributed by atoms with Gasteiger partial charge in [0.25, 0.3) is 11.8 Å². The highest BCUT2D eigenvalue weighted by Gasteiger charge is 2.34. The van der Waals surface area contributed by atoms with Crippen LogP contribution >= 0.6 is 11.6 Å². The molecular formula is C20H18ClFN2O4. The molecule has 2 aromatic carbocycles. The third-order valence-electron chi connectivity index (χ3n) is 3.91. The van der Waals surface area contributed by atoms with Crippen molar-refractivity contribution in [3.63, 3.8) is 0 Å². The van der Waals surface area contributed by atoms with Crippen LogP contribution in [0, 0.1) is 5.82 Å². The number of amides is 2. The lowest BCUT2D eigenvalue weighted by atomic mass is 10.1. The molecule has 0 radical (unpaired) electrons. The van der Waals surface area contributed by atoms with Gasteiger partial charge in [0.15, 0.2) is 11.5 Å². The summed E-state index contributed by atoms with van der Waals surface area (Å²) in [6, 6.07) is 8.45. The van der Waals surface area contributed by atoms with Crippen molar-refractivity contribution in [2.24, 2.45) is 0 Å². The molecule has 146 valence electrons. The Kier molecular flexibility index (Phi) is 5.84. The van der Waals surface area contributed by atoms with Crippen molar-refractivity contribution in [2.45, 2.75) is 13.8 Å². The summed E-state index contributed by atoms with van der Waals surface area (Å²) >= 11 is 6.28. The van der Waals surface area contributed by atoms with E-state index in [1.165, 1.54) is 30.3 Å². The molecule has 6 nitrogen and oxygen atoms in total. The molecule has 1 aliphatic heterocycles. The number of carbonyl (C=O) groups excluding carboxylic acids is 2. The highest BCUT2D eigenvalue weighted by atomic mass is 35.5. The van der Waals surface area contributed by atoms with E-state index in [0.29, 0.717) is 41.0 Å². The first kappa shape index (κ1) is 19.7. The molecule has 0 atom stereocenters. The van der Waals surface area contributed by atoms with Crippen molar-refractivity contribution in [3.8, 4) is 11.5 Å². The zero-order valence-electron chi connectivity index (χ0n) is 15.3. The molecular weight excluding hydrogens is 387 g/mol. The Hall–Kier alpha value is -3.06. The summed E-state index contributed by atoms with van der Waals surface area (Å²) in [7, 11) is 0. The van der Waals surface area contributed by atoms with Crippen LogP contribution in [0.5, 0.6) is 11.5 Å². The van der Waals surface area contributed by atoms with Gasteiger partial charge in [-0.05, 0) is 61.9 Å². The maximum absolute atomic E-state index is 13.1. The molecule has 28 heavy (non-hydrogen) atoms. The number of ether oxygens (including phenoxy) is 2. The Labute approximate surface area is 166 Å². The van der Waals surface area contributed by atoms with E-state index < -0.39 is 17.6 Å². The second-order valence-electron chi connectivity index (χ2n) is 5.81. The van der Waals surface area contributed by atoms with E-state index in [1.807, 2.05) is 13.8 Å². The van der Waals surface area contributed by atoms with Crippen molar-refractivity contribution in [1.82, 2.24) is 5.43 Å². The minimum atomic E-state index is -0.572. The third kappa shape index (κ3) is 3.94. The molecule has 0 bridgehead atoms. The van der Waals surface area contributed by atoms with Crippen molar-refractivity contribution in [1.29, 1.82) is 0 Å². The fourth-order valence-corrected chi connectivity index (χ4v) is 2.99. The lowest BCUT2D eigenvalue weighted by Gasteiger charge is -2.14. The van der Waals surface area contributed by atoms with Crippen molar-refractivity contribution in [2.75, 3.05) is 18.2 Å². The predicted molar refractivity (Wildman–Crippen MR) is 104 cm³/mol. The normalized spacial score (nSPS) is 15.1. The molecule has 1 N–H and O–H groups in total. The van der Waals surface area contributed by atoms with E-state index in [4.69, 9.17) is 21.1 Å². The summed E-state index contributed by atoms with van der Waals surface area (Å²) in [5.41, 5.74) is 3.24. The number of halogens is 2. The minimum Gasteiger partial charge on any atom is -0.490 e. The van der Waals surface area contributed by atoms with Crippen molar-refractivity contribution < 1.29 is 23.5 Å². The van der Waals surface area contributed by atoms with Crippen molar-refractivity contribution >= 4 is 35.2 Å². The lowest BCUT2D eigenvalue weighted by molar-refractivity contribution is -0.117. The Morgan fingerprint density at radius 3 is 2.43 bits per heavy atom. The Bertz CT molecular complexity index is 944. The summed E-state index contributed by atoms with van der Waals surface area (Å²) in [4.78, 5) is 25.0. The Morgan fingerprint density at radius 2 is 1.79 bits per heavy atom. The standard InChI is InChI=1S/C20H18ClFN2O4/c1-3-27-17-11-12(10-16(21)18(17)28-4-2)9-15-19(25)23-24(20(15)26)14-7-5-13(22)6-8-14/h5-11H,3-4H2,1-2H3,(H,23,25). The molecule has 1 fully saturated rings. The first-order chi connectivity index (χ1) is 13.4. The van der Waals surface area contributed by atoms with Gasteiger partial charge < -0.3 is 9.47 Å². The fraction of sp³-hybridized carbons (Fsp3) is 0.200. The first-order valence-electron chi connectivity index (χ1n) is 8.66. The molecule has 2 aromatic rings. The summed E-state index contributed by atoms with van der Waals surface area (Å²) in [6.45, 7) is 4.46. The van der Waals surface area contributed by atoms with Gasteiger partial charge >= 0.3 is 0 Å². The van der Waals surface area contributed by atoms with Gasteiger partial charge in [-0.2, -0.15) is 0 Å². The molecule has 2 amide bonds. The third-order valence-corrected chi connectivity index (χ3v) is 4.19. The number of nitrogens with zero attached hydrogens (tertiary/aromatic N) is 1. The molecule has 1 heterocycles. The van der Waals surface area contributed by atoms with E-state index in [9.17, 15) is 14.0 Å². The zero-order valence-corrected chi connectivity index (χ0v) is 16.0. The van der Waals surface area contributed by atoms with Crippen LogP contribution in [0.3, 0.4) is 0 Å². The summed E-state index contributed by atoms with van der Waals surface area (Å²) in [5, 5.41) is 1.37. The molecule has 1 aliphatic rings. The summed E-state index contributed by atoms with van der Waals surface area (Å²) in [6.07, 6.45) is 1.42. The number of carbonyl (C=O) groups is 2. The van der Waals surface area contributed by atoms with Gasteiger partial charge in [-0.3, -0.25) is 15.0 Å². The fourth-order valence-electron chi connectivity index (χ4n) is 2.71. The molecule has 0 aromatic heterocycles. The van der Waals surface area contributed by atoms with Crippen LogP contribution < -0.4 is 19.9 Å². The minimum absolute atomic E-state index is 0.0769. The quantitative estimate of drug-likeness (QED) is 0.588. The topological polar surface area (TPSA) is 67.9 Å². The average molecular weight is 405 g/mol. The largest absolute Gasteiger partial charge is 0.490 e.